The Kier molecular flexibility index (Phi) is 9.32. The largest absolute Gasteiger partial charge is 0.381 e. The number of carbonyl (C=O) groups is 1. The van der Waals surface area contributed by atoms with E-state index in [-0.39, 0.29) is 6.42 Å². The molecule has 0 aliphatic carbocycles. The highest BCUT2D eigenvalue weighted by Crippen LogP contribution is 2.14. The summed E-state index contributed by atoms with van der Waals surface area (Å²) in [7, 11) is 1.43. The lowest BCUT2D eigenvalue weighted by molar-refractivity contribution is -0.131. The van der Waals surface area contributed by atoms with Crippen molar-refractivity contribution in [3.05, 3.63) is 71.3 Å². The first-order valence-electron chi connectivity index (χ1n) is 7.66. The number of carbonyl (C=O) groups excluding carboxylic acids is 1. The molecule has 0 fully saturated rings. The molecule has 0 heterocycles. The normalized spacial score (nSPS) is 11.3. The smallest absolute Gasteiger partial charge is 0.245 e. The number of hydroxylamine groups is 1. The summed E-state index contributed by atoms with van der Waals surface area (Å²) >= 11 is 0. The Morgan fingerprint density at radius 1 is 1.08 bits per heavy atom. The minimum atomic E-state index is -0.626. The van der Waals surface area contributed by atoms with Crippen LogP contribution in [-0.4, -0.2) is 24.3 Å². The van der Waals surface area contributed by atoms with E-state index in [1.165, 1.54) is 42.9 Å². The molecular weight excluding hydrogens is 354 g/mol. The maximum Gasteiger partial charge on any atom is 0.245 e. The Labute approximate surface area is 148 Å². The molecule has 2 aromatic rings. The molecule has 2 N–H and O–H groups in total. The number of halogens is 4. The average Bonchev–Trinajstić information content (AvgIpc) is 2.60. The van der Waals surface area contributed by atoms with Crippen LogP contribution in [0.2, 0.25) is 0 Å². The van der Waals surface area contributed by atoms with Crippen molar-refractivity contribution in [3.8, 4) is 0 Å². The van der Waals surface area contributed by atoms with Crippen molar-refractivity contribution in [2.45, 2.75) is 25.4 Å². The number of ether oxygens (including phenoxy) is 1. The van der Waals surface area contributed by atoms with Crippen LogP contribution in [0.1, 0.15) is 18.4 Å². The lowest BCUT2D eigenvalue weighted by Crippen LogP contribution is -2.26. The van der Waals surface area contributed by atoms with E-state index >= 15 is 0 Å². The third-order valence-electron chi connectivity index (χ3n) is 3.41. The summed E-state index contributed by atoms with van der Waals surface area (Å²) in [6, 6.07) is 7.92. The Morgan fingerprint density at radius 3 is 2.15 bits per heavy atom. The second kappa shape index (κ2) is 11.2. The zero-order valence-corrected chi connectivity index (χ0v) is 14.0. The van der Waals surface area contributed by atoms with E-state index in [9.17, 15) is 22.4 Å². The van der Waals surface area contributed by atoms with E-state index in [0.29, 0.717) is 18.4 Å². The molecule has 0 saturated carbocycles. The van der Waals surface area contributed by atoms with Crippen LogP contribution in [-0.2, 0) is 16.0 Å². The van der Waals surface area contributed by atoms with Crippen LogP contribution in [0.3, 0.4) is 0 Å². The molecule has 0 spiro atoms. The lowest BCUT2D eigenvalue weighted by atomic mass is 10.0. The molecule has 8 heteroatoms. The molecule has 142 valence electrons. The molecule has 1 unspecified atom stereocenters. The van der Waals surface area contributed by atoms with Gasteiger partial charge in [-0.25, -0.2) is 23.0 Å². The summed E-state index contributed by atoms with van der Waals surface area (Å²) in [6.07, 6.45) is 0.271. The lowest BCUT2D eigenvalue weighted by Gasteiger charge is -2.14. The quantitative estimate of drug-likeness (QED) is 0.460. The number of nitrogens with one attached hydrogen (secondary N) is 1. The number of benzene rings is 2. The summed E-state index contributed by atoms with van der Waals surface area (Å²) in [5.74, 6) is -2.88. The molecule has 0 saturated heterocycles. The fraction of sp³-hybridized carbons (Fsp3) is 0.278. The Balaban J connectivity index is 0.000000350. The molecule has 4 nitrogen and oxygen atoms in total. The summed E-state index contributed by atoms with van der Waals surface area (Å²) in [6.45, 7) is 0. The summed E-state index contributed by atoms with van der Waals surface area (Å²) in [5, 5.41) is 8.38. The minimum Gasteiger partial charge on any atom is -0.381 e. The zero-order chi connectivity index (χ0) is 19.5. The molecule has 0 bridgehead atoms. The predicted molar refractivity (Wildman–Crippen MR) is 86.4 cm³/mol. The van der Waals surface area contributed by atoms with Crippen molar-refractivity contribution >= 4 is 5.91 Å². The van der Waals surface area contributed by atoms with Crippen LogP contribution in [0.5, 0.6) is 0 Å². The number of methoxy groups -OCH3 is 1. The first kappa shape index (κ1) is 21.6. The van der Waals surface area contributed by atoms with Gasteiger partial charge < -0.3 is 4.74 Å². The second-order valence-electron chi connectivity index (χ2n) is 5.31. The second-order valence-corrected chi connectivity index (χ2v) is 5.31. The maximum atomic E-state index is 13.3. The van der Waals surface area contributed by atoms with Gasteiger partial charge in [-0.2, -0.15) is 0 Å². The van der Waals surface area contributed by atoms with Gasteiger partial charge in [-0.3, -0.25) is 10.0 Å². The van der Waals surface area contributed by atoms with Gasteiger partial charge in [-0.05, 0) is 36.6 Å². The van der Waals surface area contributed by atoms with Gasteiger partial charge >= 0.3 is 0 Å². The fourth-order valence-electron chi connectivity index (χ4n) is 2.06. The van der Waals surface area contributed by atoms with E-state index < -0.39 is 35.3 Å². The highest BCUT2D eigenvalue weighted by Gasteiger charge is 2.14. The Hall–Kier alpha value is -2.45. The van der Waals surface area contributed by atoms with E-state index in [1.54, 1.807) is 0 Å². The number of aryl methyl sites for hydroxylation is 1. The van der Waals surface area contributed by atoms with Crippen LogP contribution in [0, 0.1) is 23.3 Å². The minimum absolute atomic E-state index is 0.0180. The van der Waals surface area contributed by atoms with Crippen molar-refractivity contribution in [1.29, 1.82) is 0 Å². The van der Waals surface area contributed by atoms with Crippen molar-refractivity contribution in [2.75, 3.05) is 7.11 Å². The highest BCUT2D eigenvalue weighted by molar-refractivity contribution is 5.75. The molecule has 1 atom stereocenters. The summed E-state index contributed by atoms with van der Waals surface area (Å²) in [4.78, 5) is 10.9. The molecular formula is C18H19F4NO3. The molecule has 0 aromatic heterocycles. The van der Waals surface area contributed by atoms with Crippen LogP contribution >= 0.6 is 0 Å². The number of hydrogen-bond donors (Lipinski definition) is 2. The number of amides is 1. The van der Waals surface area contributed by atoms with Gasteiger partial charge in [0.1, 0.15) is 23.3 Å². The molecule has 26 heavy (non-hydrogen) atoms. The summed E-state index contributed by atoms with van der Waals surface area (Å²) in [5.41, 5.74) is 1.87. The topological polar surface area (TPSA) is 58.6 Å². The molecule has 0 radical (unpaired) electrons. The van der Waals surface area contributed by atoms with Crippen molar-refractivity contribution in [2.24, 2.45) is 0 Å². The van der Waals surface area contributed by atoms with E-state index in [4.69, 9.17) is 9.94 Å². The van der Waals surface area contributed by atoms with Gasteiger partial charge in [0.15, 0.2) is 0 Å². The molecule has 2 rings (SSSR count). The van der Waals surface area contributed by atoms with Gasteiger partial charge in [0.2, 0.25) is 5.91 Å². The fourth-order valence-corrected chi connectivity index (χ4v) is 2.06. The first-order valence-corrected chi connectivity index (χ1v) is 7.66. The van der Waals surface area contributed by atoms with Gasteiger partial charge in [0, 0.05) is 19.2 Å². The first-order chi connectivity index (χ1) is 12.3. The average molecular weight is 373 g/mol. The van der Waals surface area contributed by atoms with Gasteiger partial charge in [-0.15, -0.1) is 0 Å². The van der Waals surface area contributed by atoms with Gasteiger partial charge in [-0.1, -0.05) is 12.1 Å². The van der Waals surface area contributed by atoms with Gasteiger partial charge in [0.05, 0.1) is 12.5 Å². The van der Waals surface area contributed by atoms with E-state index in [0.717, 1.165) is 12.1 Å². The molecule has 0 aliphatic heterocycles. The van der Waals surface area contributed by atoms with E-state index in [1.807, 2.05) is 0 Å². The molecule has 1 amide bonds. The Morgan fingerprint density at radius 2 is 1.69 bits per heavy atom. The van der Waals surface area contributed by atoms with Crippen LogP contribution in [0.25, 0.3) is 0 Å². The zero-order valence-electron chi connectivity index (χ0n) is 14.0. The van der Waals surface area contributed by atoms with Crippen molar-refractivity contribution in [3.63, 3.8) is 0 Å². The Bertz CT molecular complexity index is 695. The van der Waals surface area contributed by atoms with Crippen LogP contribution in [0.15, 0.2) is 42.5 Å². The molecule has 2 aromatic carbocycles. The highest BCUT2D eigenvalue weighted by atomic mass is 19.1. The predicted octanol–water partition coefficient (Wildman–Crippen LogP) is 3.77. The third kappa shape index (κ3) is 8.09. The number of rotatable bonds is 6. The van der Waals surface area contributed by atoms with Crippen LogP contribution in [0.4, 0.5) is 17.6 Å². The summed E-state index contributed by atoms with van der Waals surface area (Å²) < 4.78 is 54.9. The standard InChI is InChI=1S/C12H15F2NO3.C6H4F2/c1-18-10(7-12(16)15-17)5-3-8-2-4-9(13)6-11(8)14;7-5-2-1-3-6(8)4-5/h2,4,6,10,17H,3,5,7H2,1H3,(H,15,16);1-4H. The SMILES string of the molecule is COC(CCc1ccc(F)cc1F)CC(=O)NO.Fc1cccc(F)c1. The number of hydrogen-bond acceptors (Lipinski definition) is 3. The maximum absolute atomic E-state index is 13.3. The van der Waals surface area contributed by atoms with Crippen molar-refractivity contribution < 1.29 is 32.3 Å². The third-order valence-corrected chi connectivity index (χ3v) is 3.41. The van der Waals surface area contributed by atoms with Crippen LogP contribution < -0.4 is 5.48 Å². The monoisotopic (exact) mass is 373 g/mol. The van der Waals surface area contributed by atoms with E-state index in [2.05, 4.69) is 0 Å². The molecule has 0 aliphatic rings. The van der Waals surface area contributed by atoms with Gasteiger partial charge in [0.25, 0.3) is 0 Å². The van der Waals surface area contributed by atoms with Crippen molar-refractivity contribution in [1.82, 2.24) is 5.48 Å².